The molecule has 2 rings (SSSR count). The Morgan fingerprint density at radius 1 is 1.35 bits per heavy atom. The molecule has 1 aliphatic heterocycles. The fourth-order valence-corrected chi connectivity index (χ4v) is 5.74. The van der Waals surface area contributed by atoms with Gasteiger partial charge in [0.15, 0.2) is 4.08 Å². The van der Waals surface area contributed by atoms with Gasteiger partial charge in [0.1, 0.15) is 6.29 Å². The van der Waals surface area contributed by atoms with Gasteiger partial charge in [-0.25, -0.2) is 4.79 Å². The molecular weight excluding hydrogens is 292 g/mol. The van der Waals surface area contributed by atoms with E-state index in [1.807, 2.05) is 37.3 Å². The summed E-state index contributed by atoms with van der Waals surface area (Å²) in [4.78, 5) is 23.6. The third kappa shape index (κ3) is 3.04. The van der Waals surface area contributed by atoms with E-state index in [2.05, 4.69) is 0 Å². The second-order valence-corrected chi connectivity index (χ2v) is 7.39. The molecule has 0 saturated carbocycles. The van der Waals surface area contributed by atoms with Crippen molar-refractivity contribution >= 4 is 35.8 Å². The molecule has 1 unspecified atom stereocenters. The molecule has 3 nitrogen and oxygen atoms in total. The summed E-state index contributed by atoms with van der Waals surface area (Å²) in [5.74, 6) is 1.47. The molecule has 1 aliphatic rings. The van der Waals surface area contributed by atoms with E-state index in [1.54, 1.807) is 23.5 Å². The van der Waals surface area contributed by atoms with Crippen LogP contribution in [0.25, 0.3) is 0 Å². The number of esters is 1. The monoisotopic (exact) mass is 310 g/mol. The van der Waals surface area contributed by atoms with E-state index in [1.165, 1.54) is 0 Å². The summed E-state index contributed by atoms with van der Waals surface area (Å²) in [7, 11) is 0. The molecule has 1 heterocycles. The minimum atomic E-state index is -0.682. The molecule has 0 bridgehead atoms. The first-order chi connectivity index (χ1) is 9.74. The maximum Gasteiger partial charge on any atom is 0.333 e. The predicted molar refractivity (Wildman–Crippen MR) is 84.1 cm³/mol. The molecule has 1 fully saturated rings. The molecule has 20 heavy (non-hydrogen) atoms. The van der Waals surface area contributed by atoms with Crippen LogP contribution in [0.1, 0.15) is 24.8 Å². The Morgan fingerprint density at radius 2 is 2.00 bits per heavy atom. The van der Waals surface area contributed by atoms with Gasteiger partial charge in [-0.05, 0) is 12.5 Å². The average Bonchev–Trinajstić information content (AvgIpc) is 2.96. The topological polar surface area (TPSA) is 43.4 Å². The van der Waals surface area contributed by atoms with E-state index in [9.17, 15) is 9.59 Å². The van der Waals surface area contributed by atoms with Gasteiger partial charge in [0.25, 0.3) is 0 Å². The summed E-state index contributed by atoms with van der Waals surface area (Å²) >= 11 is 3.22. The minimum Gasteiger partial charge on any atom is -0.464 e. The Morgan fingerprint density at radius 3 is 2.55 bits per heavy atom. The summed E-state index contributed by atoms with van der Waals surface area (Å²) in [5.41, 5.74) is 1.02. The third-order valence-corrected chi connectivity index (χ3v) is 6.81. The predicted octanol–water partition coefficient (Wildman–Crippen LogP) is 3.10. The molecule has 108 valence electrons. The maximum absolute atomic E-state index is 12.5. The fraction of sp³-hybridized carbons (Fsp3) is 0.467. The number of rotatable bonds is 6. The first kappa shape index (κ1) is 15.4. The van der Waals surface area contributed by atoms with E-state index in [4.69, 9.17) is 4.74 Å². The van der Waals surface area contributed by atoms with Crippen molar-refractivity contribution in [2.75, 3.05) is 18.1 Å². The minimum absolute atomic E-state index is 0.141. The molecule has 1 aromatic carbocycles. The van der Waals surface area contributed by atoms with Crippen LogP contribution in [0.4, 0.5) is 0 Å². The standard InChI is InChI=1S/C15H18O3S2/c1-2-18-14(17)15(19-10-11-20-15)13(8-9-16)12-6-4-3-5-7-12/h3-7,9,13H,2,8,10-11H2,1H3. The van der Waals surface area contributed by atoms with Crippen LogP contribution in [0.3, 0.4) is 0 Å². The van der Waals surface area contributed by atoms with Crippen LogP contribution in [0, 0.1) is 0 Å². The second kappa shape index (κ2) is 7.18. The normalized spacial score (nSPS) is 18.4. The zero-order valence-corrected chi connectivity index (χ0v) is 13.0. The Balaban J connectivity index is 2.37. The van der Waals surface area contributed by atoms with Gasteiger partial charge in [0, 0.05) is 23.8 Å². The molecule has 0 amide bonds. The maximum atomic E-state index is 12.5. The SMILES string of the molecule is CCOC(=O)C1(C(CC=O)c2ccccc2)SCCS1. The van der Waals surface area contributed by atoms with Crippen LogP contribution in [-0.2, 0) is 14.3 Å². The summed E-state index contributed by atoms with van der Waals surface area (Å²) in [5, 5.41) is 0. The molecule has 0 spiro atoms. The van der Waals surface area contributed by atoms with Crippen molar-refractivity contribution in [3.63, 3.8) is 0 Å². The van der Waals surface area contributed by atoms with Crippen molar-refractivity contribution in [2.45, 2.75) is 23.3 Å². The lowest BCUT2D eigenvalue weighted by molar-refractivity contribution is -0.143. The lowest BCUT2D eigenvalue weighted by Gasteiger charge is -2.33. The lowest BCUT2D eigenvalue weighted by Crippen LogP contribution is -2.38. The van der Waals surface area contributed by atoms with Gasteiger partial charge in [0.2, 0.25) is 0 Å². The highest BCUT2D eigenvalue weighted by Gasteiger charge is 2.51. The molecule has 0 N–H and O–H groups in total. The van der Waals surface area contributed by atoms with Crippen molar-refractivity contribution in [2.24, 2.45) is 0 Å². The van der Waals surface area contributed by atoms with Crippen molar-refractivity contribution in [3.8, 4) is 0 Å². The summed E-state index contributed by atoms with van der Waals surface area (Å²) in [6, 6.07) is 9.78. The van der Waals surface area contributed by atoms with Gasteiger partial charge >= 0.3 is 5.97 Å². The largest absolute Gasteiger partial charge is 0.464 e. The van der Waals surface area contributed by atoms with Crippen LogP contribution in [0.15, 0.2) is 30.3 Å². The van der Waals surface area contributed by atoms with Crippen molar-refractivity contribution < 1.29 is 14.3 Å². The van der Waals surface area contributed by atoms with Crippen LogP contribution in [-0.4, -0.2) is 34.4 Å². The molecular formula is C15H18O3S2. The second-order valence-electron chi connectivity index (χ2n) is 4.45. The Labute approximate surface area is 127 Å². The van der Waals surface area contributed by atoms with Crippen LogP contribution < -0.4 is 0 Å². The highest BCUT2D eigenvalue weighted by atomic mass is 32.2. The Kier molecular flexibility index (Phi) is 5.54. The van der Waals surface area contributed by atoms with Crippen molar-refractivity contribution in [1.29, 1.82) is 0 Å². The number of hydrogen-bond acceptors (Lipinski definition) is 5. The van der Waals surface area contributed by atoms with Crippen molar-refractivity contribution in [3.05, 3.63) is 35.9 Å². The van der Waals surface area contributed by atoms with Crippen LogP contribution in [0.5, 0.6) is 0 Å². The van der Waals surface area contributed by atoms with Gasteiger partial charge in [-0.3, -0.25) is 0 Å². The molecule has 0 aromatic heterocycles. The number of aldehydes is 1. The number of benzene rings is 1. The summed E-state index contributed by atoms with van der Waals surface area (Å²) in [6.07, 6.45) is 1.24. The third-order valence-electron chi connectivity index (χ3n) is 3.27. The average molecular weight is 310 g/mol. The smallest absolute Gasteiger partial charge is 0.333 e. The van der Waals surface area contributed by atoms with Gasteiger partial charge in [-0.1, -0.05) is 30.3 Å². The molecule has 1 saturated heterocycles. The number of ether oxygens (including phenoxy) is 1. The van der Waals surface area contributed by atoms with E-state index in [0.717, 1.165) is 23.4 Å². The van der Waals surface area contributed by atoms with E-state index in [0.29, 0.717) is 13.0 Å². The number of carbonyl (C=O) groups excluding carboxylic acids is 2. The van der Waals surface area contributed by atoms with Crippen LogP contribution in [0.2, 0.25) is 0 Å². The van der Waals surface area contributed by atoms with Gasteiger partial charge in [-0.15, -0.1) is 23.5 Å². The first-order valence-corrected chi connectivity index (χ1v) is 8.65. The molecule has 1 atom stereocenters. The van der Waals surface area contributed by atoms with E-state index >= 15 is 0 Å². The van der Waals surface area contributed by atoms with E-state index < -0.39 is 4.08 Å². The van der Waals surface area contributed by atoms with Crippen LogP contribution >= 0.6 is 23.5 Å². The summed E-state index contributed by atoms with van der Waals surface area (Å²) < 4.78 is 4.60. The van der Waals surface area contributed by atoms with Gasteiger partial charge in [-0.2, -0.15) is 0 Å². The molecule has 1 aromatic rings. The zero-order chi connectivity index (χ0) is 14.4. The Bertz CT molecular complexity index is 455. The van der Waals surface area contributed by atoms with E-state index in [-0.39, 0.29) is 11.9 Å². The van der Waals surface area contributed by atoms with Gasteiger partial charge in [0.05, 0.1) is 6.61 Å². The molecule has 0 aliphatic carbocycles. The highest BCUT2D eigenvalue weighted by Crippen LogP contribution is 2.54. The summed E-state index contributed by atoms with van der Waals surface area (Å²) in [6.45, 7) is 2.18. The number of hydrogen-bond donors (Lipinski definition) is 0. The Hall–Kier alpha value is -0.940. The molecule has 0 radical (unpaired) electrons. The number of carbonyl (C=O) groups is 2. The van der Waals surface area contributed by atoms with Gasteiger partial charge < -0.3 is 9.53 Å². The zero-order valence-electron chi connectivity index (χ0n) is 11.4. The van der Waals surface area contributed by atoms with Crippen molar-refractivity contribution in [1.82, 2.24) is 0 Å². The lowest BCUT2D eigenvalue weighted by atomic mass is 9.92. The highest BCUT2D eigenvalue weighted by molar-refractivity contribution is 8.22. The number of thioether (sulfide) groups is 2. The fourth-order valence-electron chi connectivity index (χ4n) is 2.41. The first-order valence-electron chi connectivity index (χ1n) is 6.68. The molecule has 5 heteroatoms. The quantitative estimate of drug-likeness (QED) is 0.597.